The van der Waals surface area contributed by atoms with Crippen LogP contribution in [0.4, 0.5) is 5.82 Å². The molecule has 6 atom stereocenters. The molecule has 1 aromatic heterocycles. The van der Waals surface area contributed by atoms with Gasteiger partial charge >= 0.3 is 19.4 Å². The van der Waals surface area contributed by atoms with Gasteiger partial charge in [-0.15, -0.1) is 0 Å². The van der Waals surface area contributed by atoms with Gasteiger partial charge in [-0.1, -0.05) is 18.2 Å². The second-order valence-corrected chi connectivity index (χ2v) is 11.3. The molecule has 0 bridgehead atoms. The lowest BCUT2D eigenvalue weighted by Crippen LogP contribution is -2.40. The van der Waals surface area contributed by atoms with E-state index < -0.39 is 67.9 Å². The van der Waals surface area contributed by atoms with E-state index >= 15 is 0 Å². The number of ether oxygens (including phenoxy) is 2. The summed E-state index contributed by atoms with van der Waals surface area (Å²) in [6.45, 7) is 6.84. The third-order valence-electron chi connectivity index (χ3n) is 5.85. The molecule has 1 amide bonds. The van der Waals surface area contributed by atoms with E-state index in [1.807, 2.05) is 6.07 Å². The van der Waals surface area contributed by atoms with E-state index in [1.54, 1.807) is 32.0 Å². The standard InChI is InChI=1S/C25H32N5O9P/c1-15(2)37-22(33)16(3)29-40(35,39-18-9-7-6-8-10-18)36-13-19-21(32)25(5,14-26)23(38-19)30-12-11-20(27-17(4)31)28-24(30)34/h6-12,15-16,19,21,23,32H,13H2,1-5H3,(H,29,35)(H,27,28,31,34)/t16-,19+,21+,23+,25+,40+/m0/s1. The number of nitriles is 1. The van der Waals surface area contributed by atoms with Crippen molar-refractivity contribution < 1.29 is 37.8 Å². The monoisotopic (exact) mass is 577 g/mol. The summed E-state index contributed by atoms with van der Waals surface area (Å²) in [6, 6.07) is 10.3. The maximum Gasteiger partial charge on any atom is 0.459 e. The molecule has 1 fully saturated rings. The predicted octanol–water partition coefficient (Wildman–Crippen LogP) is 2.12. The zero-order chi connectivity index (χ0) is 29.7. The van der Waals surface area contributed by atoms with Crippen LogP contribution in [0.3, 0.4) is 0 Å². The average molecular weight is 578 g/mol. The fourth-order valence-corrected chi connectivity index (χ4v) is 5.37. The lowest BCUT2D eigenvalue weighted by atomic mass is 9.84. The number of aliphatic hydroxyl groups excluding tert-OH is 1. The number of aliphatic hydroxyl groups is 1. The molecule has 0 aliphatic carbocycles. The van der Waals surface area contributed by atoms with Crippen LogP contribution in [0.15, 0.2) is 47.4 Å². The van der Waals surface area contributed by atoms with Crippen molar-refractivity contribution in [3.63, 3.8) is 0 Å². The van der Waals surface area contributed by atoms with Crippen LogP contribution < -0.4 is 20.6 Å². The van der Waals surface area contributed by atoms with Gasteiger partial charge in [-0.3, -0.25) is 18.7 Å². The molecule has 0 spiro atoms. The van der Waals surface area contributed by atoms with Gasteiger partial charge < -0.3 is 24.4 Å². The average Bonchev–Trinajstić information content (AvgIpc) is 3.13. The van der Waals surface area contributed by atoms with Gasteiger partial charge in [0.1, 0.15) is 35.2 Å². The number of rotatable bonds is 11. The van der Waals surface area contributed by atoms with Gasteiger partial charge in [0, 0.05) is 13.1 Å². The zero-order valence-electron chi connectivity index (χ0n) is 22.6. The number of esters is 1. The largest absolute Gasteiger partial charge is 0.462 e. The van der Waals surface area contributed by atoms with Crippen molar-refractivity contribution in [3.8, 4) is 11.8 Å². The molecule has 15 heteroatoms. The third-order valence-corrected chi connectivity index (χ3v) is 7.49. The lowest BCUT2D eigenvalue weighted by molar-refractivity contribution is -0.149. The maximum atomic E-state index is 13.7. The highest BCUT2D eigenvalue weighted by molar-refractivity contribution is 7.52. The Labute approximate surface area is 230 Å². The first-order chi connectivity index (χ1) is 18.8. The van der Waals surface area contributed by atoms with Gasteiger partial charge in [0.25, 0.3) is 0 Å². The first kappa shape index (κ1) is 30.9. The number of carbonyl (C=O) groups excluding carboxylic acids is 2. The van der Waals surface area contributed by atoms with Crippen molar-refractivity contribution in [2.45, 2.75) is 65.2 Å². The van der Waals surface area contributed by atoms with E-state index in [1.165, 1.54) is 45.2 Å². The number of hydrogen-bond donors (Lipinski definition) is 3. The quantitative estimate of drug-likeness (QED) is 0.261. The summed E-state index contributed by atoms with van der Waals surface area (Å²) >= 11 is 0. The second kappa shape index (κ2) is 12.7. The summed E-state index contributed by atoms with van der Waals surface area (Å²) in [7, 11) is -4.29. The number of nitrogens with one attached hydrogen (secondary N) is 2. The van der Waals surface area contributed by atoms with E-state index in [0.29, 0.717) is 0 Å². The van der Waals surface area contributed by atoms with Gasteiger partial charge in [-0.2, -0.15) is 15.3 Å². The summed E-state index contributed by atoms with van der Waals surface area (Å²) < 4.78 is 36.9. The van der Waals surface area contributed by atoms with Crippen molar-refractivity contribution in [1.82, 2.24) is 14.6 Å². The molecule has 14 nitrogen and oxygen atoms in total. The SMILES string of the molecule is CC(=O)Nc1ccn([C@@H]2O[C@H](CO[P@](=O)(N[C@@H](C)C(=O)OC(C)C)Oc3ccccc3)[C@@H](O)[C@@]2(C)C#N)c(=O)n1. The van der Waals surface area contributed by atoms with E-state index in [-0.39, 0.29) is 11.6 Å². The lowest BCUT2D eigenvalue weighted by Gasteiger charge is -2.26. The maximum absolute atomic E-state index is 13.7. The molecule has 2 heterocycles. The van der Waals surface area contributed by atoms with Crippen molar-refractivity contribution in [1.29, 1.82) is 5.26 Å². The number of aromatic nitrogens is 2. The molecule has 3 N–H and O–H groups in total. The Morgan fingerprint density at radius 2 is 1.95 bits per heavy atom. The Morgan fingerprint density at radius 1 is 1.27 bits per heavy atom. The molecule has 0 radical (unpaired) electrons. The number of hydrogen-bond acceptors (Lipinski definition) is 11. The topological polar surface area (TPSA) is 191 Å². The number of nitrogens with zero attached hydrogens (tertiary/aromatic N) is 3. The Bertz CT molecular complexity index is 1360. The first-order valence-corrected chi connectivity index (χ1v) is 13.9. The summed E-state index contributed by atoms with van der Waals surface area (Å²) in [4.78, 5) is 40.1. The highest BCUT2D eigenvalue weighted by atomic mass is 31.2. The van der Waals surface area contributed by atoms with Crippen LogP contribution in [0.25, 0.3) is 0 Å². The fourth-order valence-electron chi connectivity index (χ4n) is 3.87. The van der Waals surface area contributed by atoms with Gasteiger partial charge in [0.15, 0.2) is 6.23 Å². The minimum Gasteiger partial charge on any atom is -0.462 e. The van der Waals surface area contributed by atoms with Crippen molar-refractivity contribution in [2.75, 3.05) is 11.9 Å². The number of amides is 1. The molecule has 1 aliphatic heterocycles. The number of carbonyl (C=O) groups is 2. The smallest absolute Gasteiger partial charge is 0.459 e. The van der Waals surface area contributed by atoms with Gasteiger partial charge in [-0.05, 0) is 45.9 Å². The van der Waals surface area contributed by atoms with Crippen LogP contribution in [0.1, 0.15) is 40.8 Å². The van der Waals surface area contributed by atoms with Crippen LogP contribution in [0.5, 0.6) is 5.75 Å². The predicted molar refractivity (Wildman–Crippen MR) is 141 cm³/mol. The van der Waals surface area contributed by atoms with Gasteiger partial charge in [0.2, 0.25) is 5.91 Å². The summed E-state index contributed by atoms with van der Waals surface area (Å²) in [5.41, 5.74) is -2.50. The highest BCUT2D eigenvalue weighted by Gasteiger charge is 2.55. The molecule has 0 unspecified atom stereocenters. The summed E-state index contributed by atoms with van der Waals surface area (Å²) in [5, 5.41) is 25.8. The molecular weight excluding hydrogens is 545 g/mol. The van der Waals surface area contributed by atoms with E-state index in [9.17, 15) is 29.3 Å². The number of para-hydroxylation sites is 1. The molecule has 1 saturated heterocycles. The zero-order valence-corrected chi connectivity index (χ0v) is 23.5. The summed E-state index contributed by atoms with van der Waals surface area (Å²) in [6.07, 6.45) is -3.21. The van der Waals surface area contributed by atoms with Crippen LogP contribution in [-0.4, -0.2) is 57.5 Å². The Hall–Kier alpha value is -3.60. The normalized spacial score (nSPS) is 24.5. The Balaban J connectivity index is 1.83. The van der Waals surface area contributed by atoms with E-state index in [4.69, 9.17) is 18.5 Å². The van der Waals surface area contributed by atoms with Crippen molar-refractivity contribution >= 4 is 25.4 Å². The minimum absolute atomic E-state index is 0.000950. The Kier molecular flexibility index (Phi) is 9.83. The molecule has 216 valence electrons. The Morgan fingerprint density at radius 3 is 2.52 bits per heavy atom. The van der Waals surface area contributed by atoms with E-state index in [0.717, 1.165) is 4.57 Å². The van der Waals surface area contributed by atoms with Crippen molar-refractivity contribution in [2.24, 2.45) is 5.41 Å². The number of benzene rings is 1. The molecular formula is C25H32N5O9P. The van der Waals surface area contributed by atoms with Crippen LogP contribution in [-0.2, 0) is 28.2 Å². The van der Waals surface area contributed by atoms with Gasteiger partial charge in [-0.25, -0.2) is 9.36 Å². The van der Waals surface area contributed by atoms with Crippen LogP contribution in [0, 0.1) is 16.7 Å². The number of anilines is 1. The van der Waals surface area contributed by atoms with Gasteiger partial charge in [0.05, 0.1) is 18.8 Å². The van der Waals surface area contributed by atoms with E-state index in [2.05, 4.69) is 15.4 Å². The minimum atomic E-state index is -4.29. The molecule has 3 rings (SSSR count). The van der Waals surface area contributed by atoms with Crippen molar-refractivity contribution in [3.05, 3.63) is 53.1 Å². The van der Waals surface area contributed by atoms with Crippen LogP contribution >= 0.6 is 7.75 Å². The molecule has 40 heavy (non-hydrogen) atoms. The second-order valence-electron chi connectivity index (χ2n) is 9.58. The molecule has 0 saturated carbocycles. The highest BCUT2D eigenvalue weighted by Crippen LogP contribution is 2.48. The van der Waals surface area contributed by atoms with Crippen LogP contribution in [0.2, 0.25) is 0 Å². The fraction of sp³-hybridized carbons (Fsp3) is 0.480. The first-order valence-electron chi connectivity index (χ1n) is 12.4. The molecule has 1 aliphatic rings. The summed E-state index contributed by atoms with van der Waals surface area (Å²) in [5.74, 6) is -0.952. The molecule has 1 aromatic carbocycles. The molecule has 2 aromatic rings. The third kappa shape index (κ3) is 7.32.